The van der Waals surface area contributed by atoms with Crippen LogP contribution in [0.3, 0.4) is 0 Å². The molecule has 1 saturated heterocycles. The smallest absolute Gasteiger partial charge is 0.297 e. The lowest BCUT2D eigenvalue weighted by atomic mass is 9.94. The van der Waals surface area contributed by atoms with Gasteiger partial charge in [-0.1, -0.05) is 62.6 Å². The zero-order valence-electron chi connectivity index (χ0n) is 27.0. The maximum absolute atomic E-state index is 13.5. The minimum atomic E-state index is -4.27. The molecule has 2 aliphatic rings. The Labute approximate surface area is 265 Å². The van der Waals surface area contributed by atoms with Gasteiger partial charge in [0.25, 0.3) is 20.2 Å². The van der Waals surface area contributed by atoms with E-state index in [0.29, 0.717) is 6.61 Å². The molecule has 0 N–H and O–H groups in total. The van der Waals surface area contributed by atoms with Crippen LogP contribution in [0.4, 0.5) is 0 Å². The molecule has 0 radical (unpaired) electrons. The molecule has 4 rings (SSSR count). The second-order valence-electron chi connectivity index (χ2n) is 13.6. The van der Waals surface area contributed by atoms with E-state index in [4.69, 9.17) is 22.3 Å². The van der Waals surface area contributed by atoms with Crippen LogP contribution in [0.1, 0.15) is 70.4 Å². The zero-order valence-corrected chi connectivity index (χ0v) is 29.6. The lowest BCUT2D eigenvalue weighted by Gasteiger charge is -2.41. The van der Waals surface area contributed by atoms with Gasteiger partial charge < -0.3 is 13.9 Å². The zero-order chi connectivity index (χ0) is 32.4. The molecule has 1 saturated carbocycles. The van der Waals surface area contributed by atoms with E-state index in [0.717, 1.165) is 43.2 Å². The molecule has 1 aliphatic carbocycles. The molecule has 0 unspecified atom stereocenters. The van der Waals surface area contributed by atoms with Gasteiger partial charge in [0.1, 0.15) is 12.2 Å². The number of benzene rings is 2. The fourth-order valence-corrected chi connectivity index (χ4v) is 8.58. The van der Waals surface area contributed by atoms with Crippen molar-refractivity contribution in [2.24, 2.45) is 0 Å². The first kappa shape index (κ1) is 35.2. The molecule has 1 heterocycles. The van der Waals surface area contributed by atoms with Crippen molar-refractivity contribution in [2.75, 3.05) is 13.2 Å². The lowest BCUT2D eigenvalue weighted by Crippen LogP contribution is -2.49. The van der Waals surface area contributed by atoms with Gasteiger partial charge in [-0.2, -0.15) is 16.8 Å². The number of aryl methyl sites for hydroxylation is 2. The molecule has 246 valence electrons. The van der Waals surface area contributed by atoms with Gasteiger partial charge in [-0.15, -0.1) is 0 Å². The van der Waals surface area contributed by atoms with Gasteiger partial charge in [0.15, 0.2) is 14.1 Å². The Balaban J connectivity index is 1.64. The Bertz CT molecular complexity index is 1460. The van der Waals surface area contributed by atoms with E-state index in [1.807, 2.05) is 13.8 Å². The standard InChI is InChI=1S/C32H48O9S2Si/c1-24-11-15-27(16-12-24)42(33,34)38-22-26(40-43(35,36)28-17-13-25(2)14-18-28)21-29(41-44(6,7)31(3,4)5)30-23-37-32(39-30)19-9-8-10-20-32/h11-18,26,29-30H,8-10,19-23H2,1-7H3/t26-,29+,30-/m1/s1. The van der Waals surface area contributed by atoms with Crippen molar-refractivity contribution in [3.63, 3.8) is 0 Å². The van der Waals surface area contributed by atoms with Gasteiger partial charge in [0.2, 0.25) is 0 Å². The van der Waals surface area contributed by atoms with Crippen LogP contribution in [0.25, 0.3) is 0 Å². The number of hydrogen-bond acceptors (Lipinski definition) is 9. The first-order valence-electron chi connectivity index (χ1n) is 15.4. The summed E-state index contributed by atoms with van der Waals surface area (Å²) in [6.07, 6.45) is 2.44. The molecule has 2 fully saturated rings. The van der Waals surface area contributed by atoms with Crippen LogP contribution in [-0.2, 0) is 42.5 Å². The molecule has 1 spiro atoms. The third-order valence-electron chi connectivity index (χ3n) is 8.95. The van der Waals surface area contributed by atoms with Crippen LogP contribution in [0.2, 0.25) is 18.1 Å². The van der Waals surface area contributed by atoms with Crippen LogP contribution in [-0.4, -0.2) is 62.5 Å². The Hall–Kier alpha value is -1.64. The second kappa shape index (κ2) is 13.6. The lowest BCUT2D eigenvalue weighted by molar-refractivity contribution is -0.195. The Morgan fingerprint density at radius 3 is 1.91 bits per heavy atom. The summed E-state index contributed by atoms with van der Waals surface area (Å²) < 4.78 is 84.1. The van der Waals surface area contributed by atoms with E-state index < -0.39 is 59.3 Å². The average molecular weight is 669 g/mol. The maximum atomic E-state index is 13.5. The quantitative estimate of drug-likeness (QED) is 0.181. The van der Waals surface area contributed by atoms with Crippen LogP contribution in [0.15, 0.2) is 58.3 Å². The SMILES string of the molecule is Cc1ccc(S(=O)(=O)OC[C@@H](C[C@H](O[Si](C)(C)C(C)(C)C)[C@H]2COC3(CCCCC3)O2)OS(=O)(=O)c2ccc(C)cc2)cc1. The van der Waals surface area contributed by atoms with Gasteiger partial charge in [-0.3, -0.25) is 8.37 Å². The first-order chi connectivity index (χ1) is 20.4. The van der Waals surface area contributed by atoms with Gasteiger partial charge in [0.05, 0.1) is 29.1 Å². The van der Waals surface area contributed by atoms with Crippen molar-refractivity contribution in [3.8, 4) is 0 Å². The topological polar surface area (TPSA) is 114 Å². The molecule has 1 aliphatic heterocycles. The molecule has 3 atom stereocenters. The summed E-state index contributed by atoms with van der Waals surface area (Å²) in [5, 5.41) is -0.150. The molecule has 44 heavy (non-hydrogen) atoms. The summed E-state index contributed by atoms with van der Waals surface area (Å²) in [5.74, 6) is -0.673. The average Bonchev–Trinajstić information content (AvgIpc) is 3.34. The van der Waals surface area contributed by atoms with Gasteiger partial charge >= 0.3 is 0 Å². The third kappa shape index (κ3) is 8.78. The summed E-state index contributed by atoms with van der Waals surface area (Å²) in [6, 6.07) is 12.6. The maximum Gasteiger partial charge on any atom is 0.297 e. The Kier molecular flexibility index (Phi) is 10.9. The summed E-state index contributed by atoms with van der Waals surface area (Å²) >= 11 is 0. The van der Waals surface area contributed by atoms with Gasteiger partial charge in [0, 0.05) is 19.3 Å². The molecule has 0 bridgehead atoms. The van der Waals surface area contributed by atoms with Crippen molar-refractivity contribution in [1.29, 1.82) is 0 Å². The van der Waals surface area contributed by atoms with Crippen molar-refractivity contribution in [1.82, 2.24) is 0 Å². The predicted octanol–water partition coefficient (Wildman–Crippen LogP) is 6.64. The molecule has 0 amide bonds. The predicted molar refractivity (Wildman–Crippen MR) is 171 cm³/mol. The second-order valence-corrected chi connectivity index (χ2v) is 21.6. The van der Waals surface area contributed by atoms with E-state index in [1.54, 1.807) is 24.3 Å². The van der Waals surface area contributed by atoms with Crippen molar-refractivity contribution < 1.29 is 39.1 Å². The number of ether oxygens (including phenoxy) is 2. The van der Waals surface area contributed by atoms with Gasteiger partial charge in [-0.05, 0) is 69.1 Å². The molecule has 2 aromatic rings. The highest BCUT2D eigenvalue weighted by atomic mass is 32.2. The molecule has 0 aromatic heterocycles. The van der Waals surface area contributed by atoms with Crippen LogP contribution in [0, 0.1) is 13.8 Å². The molecular formula is C32H48O9S2Si. The highest BCUT2D eigenvalue weighted by molar-refractivity contribution is 7.87. The minimum Gasteiger partial charge on any atom is -0.411 e. The number of hydrogen-bond donors (Lipinski definition) is 0. The van der Waals surface area contributed by atoms with E-state index in [9.17, 15) is 16.8 Å². The van der Waals surface area contributed by atoms with Crippen molar-refractivity contribution >= 4 is 28.6 Å². The largest absolute Gasteiger partial charge is 0.411 e. The fraction of sp³-hybridized carbons (Fsp3) is 0.625. The highest BCUT2D eigenvalue weighted by Crippen LogP contribution is 2.43. The monoisotopic (exact) mass is 668 g/mol. The normalized spacial score (nSPS) is 20.9. The van der Waals surface area contributed by atoms with E-state index in [2.05, 4.69) is 33.9 Å². The van der Waals surface area contributed by atoms with Crippen LogP contribution >= 0.6 is 0 Å². The van der Waals surface area contributed by atoms with Crippen molar-refractivity contribution in [2.45, 2.75) is 125 Å². The van der Waals surface area contributed by atoms with E-state index in [1.165, 1.54) is 24.3 Å². The Morgan fingerprint density at radius 1 is 0.864 bits per heavy atom. The van der Waals surface area contributed by atoms with E-state index in [-0.39, 0.29) is 21.3 Å². The highest BCUT2D eigenvalue weighted by Gasteiger charge is 2.48. The molecule has 12 heteroatoms. The fourth-order valence-electron chi connectivity index (χ4n) is 5.22. The molecule has 2 aromatic carbocycles. The summed E-state index contributed by atoms with van der Waals surface area (Å²) in [6.45, 7) is 14.1. The molecule has 9 nitrogen and oxygen atoms in total. The number of rotatable bonds is 12. The minimum absolute atomic E-state index is 0.0190. The summed E-state index contributed by atoms with van der Waals surface area (Å²) in [5.41, 5.74) is 1.79. The molecular weight excluding hydrogens is 621 g/mol. The van der Waals surface area contributed by atoms with E-state index >= 15 is 0 Å². The van der Waals surface area contributed by atoms with Crippen molar-refractivity contribution in [3.05, 3.63) is 59.7 Å². The first-order valence-corrected chi connectivity index (χ1v) is 21.1. The van der Waals surface area contributed by atoms with Gasteiger partial charge in [-0.25, -0.2) is 0 Å². The van der Waals surface area contributed by atoms with Crippen LogP contribution in [0.5, 0.6) is 0 Å². The summed E-state index contributed by atoms with van der Waals surface area (Å²) in [7, 11) is -10.9. The summed E-state index contributed by atoms with van der Waals surface area (Å²) in [4.78, 5) is -0.0537. The third-order valence-corrected chi connectivity index (χ3v) is 16.1. The Morgan fingerprint density at radius 2 is 1.39 bits per heavy atom. The van der Waals surface area contributed by atoms with Crippen LogP contribution < -0.4 is 0 Å².